The fourth-order valence-corrected chi connectivity index (χ4v) is 1.80. The first-order chi connectivity index (χ1) is 7.41. The third-order valence-corrected chi connectivity index (χ3v) is 2.20. The fraction of sp³-hybridized carbons (Fsp3) is 0.462. The lowest BCUT2D eigenvalue weighted by Gasteiger charge is -2.29. The molecule has 0 unspecified atom stereocenters. The van der Waals surface area contributed by atoms with Gasteiger partial charge in [0.25, 0.3) is 5.91 Å². The molecular formula is C13H20N2O. The largest absolute Gasteiger partial charge is 0.346 e. The number of rotatable bonds is 4. The van der Waals surface area contributed by atoms with E-state index in [0.717, 1.165) is 6.54 Å². The van der Waals surface area contributed by atoms with Crippen molar-refractivity contribution in [2.45, 2.75) is 19.4 Å². The van der Waals surface area contributed by atoms with Crippen LogP contribution >= 0.6 is 0 Å². The van der Waals surface area contributed by atoms with Gasteiger partial charge in [0, 0.05) is 17.6 Å². The van der Waals surface area contributed by atoms with Crippen LogP contribution in [0.3, 0.4) is 0 Å². The molecule has 0 saturated heterocycles. The lowest BCUT2D eigenvalue weighted by Crippen LogP contribution is -2.49. The first-order valence-corrected chi connectivity index (χ1v) is 5.43. The summed E-state index contributed by atoms with van der Waals surface area (Å²) in [5, 5.41) is 3.02. The molecule has 0 spiro atoms. The van der Waals surface area contributed by atoms with Gasteiger partial charge in [-0.3, -0.25) is 4.79 Å². The number of nitrogens with zero attached hydrogens (tertiary/aromatic N) is 1. The molecule has 0 atom stereocenters. The minimum atomic E-state index is -0.226. The summed E-state index contributed by atoms with van der Waals surface area (Å²) in [6, 6.07) is 9.28. The summed E-state index contributed by atoms with van der Waals surface area (Å²) >= 11 is 0. The third kappa shape index (κ3) is 4.03. The number of benzene rings is 1. The van der Waals surface area contributed by atoms with Crippen molar-refractivity contribution in [3.05, 3.63) is 35.9 Å². The highest BCUT2D eigenvalue weighted by Crippen LogP contribution is 2.06. The number of likely N-dealkylation sites (N-methyl/N-ethyl adjacent to an activating group) is 1. The Morgan fingerprint density at radius 2 is 1.81 bits per heavy atom. The minimum Gasteiger partial charge on any atom is -0.346 e. The summed E-state index contributed by atoms with van der Waals surface area (Å²) < 4.78 is 0. The molecule has 1 rings (SSSR count). The molecule has 3 nitrogen and oxygen atoms in total. The van der Waals surface area contributed by atoms with Gasteiger partial charge in [0.15, 0.2) is 0 Å². The highest BCUT2D eigenvalue weighted by atomic mass is 16.1. The van der Waals surface area contributed by atoms with Gasteiger partial charge in [-0.1, -0.05) is 18.2 Å². The van der Waals surface area contributed by atoms with Crippen molar-refractivity contribution >= 4 is 5.91 Å². The molecule has 88 valence electrons. The van der Waals surface area contributed by atoms with E-state index in [2.05, 4.69) is 10.2 Å². The number of carbonyl (C=O) groups excluding carboxylic acids is 1. The Balaban J connectivity index is 2.64. The van der Waals surface area contributed by atoms with E-state index in [1.165, 1.54) is 0 Å². The van der Waals surface area contributed by atoms with Crippen molar-refractivity contribution < 1.29 is 4.79 Å². The maximum atomic E-state index is 11.9. The number of hydrogen-bond acceptors (Lipinski definition) is 2. The molecule has 0 aromatic heterocycles. The summed E-state index contributed by atoms with van der Waals surface area (Å²) in [7, 11) is 3.99. The number of hydrogen-bond donors (Lipinski definition) is 1. The highest BCUT2D eigenvalue weighted by molar-refractivity contribution is 5.94. The summed E-state index contributed by atoms with van der Waals surface area (Å²) in [5.41, 5.74) is 0.477. The van der Waals surface area contributed by atoms with E-state index in [-0.39, 0.29) is 11.4 Å². The Morgan fingerprint density at radius 3 is 2.31 bits per heavy atom. The van der Waals surface area contributed by atoms with Crippen LogP contribution in [0.1, 0.15) is 24.2 Å². The third-order valence-electron chi connectivity index (χ3n) is 2.20. The van der Waals surface area contributed by atoms with Gasteiger partial charge in [0.05, 0.1) is 0 Å². The Labute approximate surface area is 97.5 Å². The predicted molar refractivity (Wildman–Crippen MR) is 66.5 cm³/mol. The van der Waals surface area contributed by atoms with Crippen LogP contribution < -0.4 is 5.32 Å². The smallest absolute Gasteiger partial charge is 0.251 e. The first-order valence-electron chi connectivity index (χ1n) is 5.43. The van der Waals surface area contributed by atoms with E-state index >= 15 is 0 Å². The van der Waals surface area contributed by atoms with Crippen LogP contribution in [-0.2, 0) is 0 Å². The van der Waals surface area contributed by atoms with Crippen molar-refractivity contribution in [3.8, 4) is 0 Å². The van der Waals surface area contributed by atoms with Crippen molar-refractivity contribution in [2.24, 2.45) is 0 Å². The average Bonchev–Trinajstić information content (AvgIpc) is 2.16. The normalized spacial score (nSPS) is 11.6. The van der Waals surface area contributed by atoms with Crippen LogP contribution in [0.5, 0.6) is 0 Å². The van der Waals surface area contributed by atoms with E-state index in [1.807, 2.05) is 58.3 Å². The van der Waals surface area contributed by atoms with Gasteiger partial charge in [-0.25, -0.2) is 0 Å². The summed E-state index contributed by atoms with van der Waals surface area (Å²) in [6.07, 6.45) is 0. The van der Waals surface area contributed by atoms with Gasteiger partial charge < -0.3 is 10.2 Å². The minimum absolute atomic E-state index is 0.0209. The Morgan fingerprint density at radius 1 is 1.25 bits per heavy atom. The summed E-state index contributed by atoms with van der Waals surface area (Å²) in [4.78, 5) is 14.0. The van der Waals surface area contributed by atoms with Gasteiger partial charge >= 0.3 is 0 Å². The van der Waals surface area contributed by atoms with Gasteiger partial charge in [-0.15, -0.1) is 0 Å². The molecule has 0 heterocycles. The van der Waals surface area contributed by atoms with Crippen LogP contribution in [0.4, 0.5) is 0 Å². The molecule has 3 heteroatoms. The maximum absolute atomic E-state index is 11.9. The summed E-state index contributed by atoms with van der Waals surface area (Å²) in [6.45, 7) is 4.85. The van der Waals surface area contributed by atoms with Crippen LogP contribution in [-0.4, -0.2) is 37.0 Å². The molecule has 1 aromatic rings. The molecular weight excluding hydrogens is 200 g/mol. The first kappa shape index (κ1) is 12.7. The Bertz CT molecular complexity index is 344. The Hall–Kier alpha value is -1.35. The zero-order valence-corrected chi connectivity index (χ0v) is 10.4. The zero-order valence-electron chi connectivity index (χ0n) is 10.4. The molecule has 16 heavy (non-hydrogen) atoms. The second-order valence-corrected chi connectivity index (χ2v) is 4.94. The Kier molecular flexibility index (Phi) is 4.07. The van der Waals surface area contributed by atoms with Gasteiger partial charge in [0.1, 0.15) is 0 Å². The SMILES string of the molecule is CN(C)CC(C)(C)NC(=O)c1ccccc1. The maximum Gasteiger partial charge on any atom is 0.251 e. The molecule has 1 aromatic carbocycles. The van der Waals surface area contributed by atoms with Crippen molar-refractivity contribution in [3.63, 3.8) is 0 Å². The van der Waals surface area contributed by atoms with E-state index in [1.54, 1.807) is 0 Å². The fourth-order valence-electron chi connectivity index (χ4n) is 1.80. The van der Waals surface area contributed by atoms with Crippen LogP contribution in [0.25, 0.3) is 0 Å². The molecule has 1 amide bonds. The van der Waals surface area contributed by atoms with Gasteiger partial charge in [-0.05, 0) is 40.1 Å². The summed E-state index contributed by atoms with van der Waals surface area (Å²) in [5.74, 6) is -0.0209. The molecule has 0 aliphatic heterocycles. The monoisotopic (exact) mass is 220 g/mol. The number of nitrogens with one attached hydrogen (secondary N) is 1. The number of carbonyl (C=O) groups is 1. The van der Waals surface area contributed by atoms with Crippen molar-refractivity contribution in [1.29, 1.82) is 0 Å². The molecule has 0 saturated carbocycles. The average molecular weight is 220 g/mol. The van der Waals surface area contributed by atoms with Crippen molar-refractivity contribution in [2.75, 3.05) is 20.6 Å². The van der Waals surface area contributed by atoms with Gasteiger partial charge in [0.2, 0.25) is 0 Å². The predicted octanol–water partition coefficient (Wildman–Crippen LogP) is 1.76. The number of amides is 1. The van der Waals surface area contributed by atoms with Crippen LogP contribution in [0.2, 0.25) is 0 Å². The zero-order chi connectivity index (χ0) is 12.2. The van der Waals surface area contributed by atoms with Gasteiger partial charge in [-0.2, -0.15) is 0 Å². The molecule has 0 aliphatic rings. The quantitative estimate of drug-likeness (QED) is 0.838. The standard InChI is InChI=1S/C13H20N2O/c1-13(2,10-15(3)4)14-12(16)11-8-6-5-7-9-11/h5-9H,10H2,1-4H3,(H,14,16). The lowest BCUT2D eigenvalue weighted by molar-refractivity contribution is 0.0899. The molecule has 0 aliphatic carbocycles. The van der Waals surface area contributed by atoms with E-state index in [4.69, 9.17) is 0 Å². The molecule has 0 bridgehead atoms. The van der Waals surface area contributed by atoms with E-state index in [0.29, 0.717) is 5.56 Å². The highest BCUT2D eigenvalue weighted by Gasteiger charge is 2.21. The van der Waals surface area contributed by atoms with E-state index in [9.17, 15) is 4.79 Å². The van der Waals surface area contributed by atoms with Crippen LogP contribution in [0.15, 0.2) is 30.3 Å². The second kappa shape index (κ2) is 5.12. The second-order valence-electron chi connectivity index (χ2n) is 4.94. The molecule has 0 radical (unpaired) electrons. The topological polar surface area (TPSA) is 32.3 Å². The molecule has 1 N–H and O–H groups in total. The molecule has 0 fully saturated rings. The van der Waals surface area contributed by atoms with Crippen molar-refractivity contribution in [1.82, 2.24) is 10.2 Å². The van der Waals surface area contributed by atoms with E-state index < -0.39 is 0 Å². The lowest BCUT2D eigenvalue weighted by atomic mass is 10.0. The van der Waals surface area contributed by atoms with Crippen LogP contribution in [0, 0.1) is 0 Å².